The van der Waals surface area contributed by atoms with Gasteiger partial charge in [-0.25, -0.2) is 8.42 Å². The number of rotatable bonds is 7. The SMILES string of the molecule is Cc1c(Cl)cccc1NC(=O)COc1ccc(S(=O)(=O)Nc2ccc(Br)cc2)cc1. The molecule has 9 heteroatoms. The average Bonchev–Trinajstić information content (AvgIpc) is 2.72. The van der Waals surface area contributed by atoms with E-state index in [2.05, 4.69) is 26.0 Å². The lowest BCUT2D eigenvalue weighted by Crippen LogP contribution is -2.20. The molecular weight excluding hydrogens is 492 g/mol. The zero-order valence-electron chi connectivity index (χ0n) is 15.9. The molecule has 0 spiro atoms. The predicted octanol–water partition coefficient (Wildman–Crippen LogP) is 5.23. The Morgan fingerprint density at radius 1 is 1.03 bits per heavy atom. The second kappa shape index (κ2) is 9.51. The van der Waals surface area contributed by atoms with Gasteiger partial charge in [0.25, 0.3) is 15.9 Å². The van der Waals surface area contributed by atoms with E-state index in [4.69, 9.17) is 16.3 Å². The number of benzene rings is 3. The van der Waals surface area contributed by atoms with Crippen LogP contribution in [0.15, 0.2) is 76.1 Å². The molecule has 0 unspecified atom stereocenters. The summed E-state index contributed by atoms with van der Waals surface area (Å²) in [6, 6.07) is 17.8. The third-order valence-corrected chi connectivity index (χ3v) is 6.48. The van der Waals surface area contributed by atoms with Gasteiger partial charge in [0.1, 0.15) is 5.75 Å². The molecule has 0 atom stereocenters. The van der Waals surface area contributed by atoms with Gasteiger partial charge in [0.15, 0.2) is 6.61 Å². The fourth-order valence-electron chi connectivity index (χ4n) is 2.53. The van der Waals surface area contributed by atoms with Crippen LogP contribution in [0.3, 0.4) is 0 Å². The largest absolute Gasteiger partial charge is 0.484 e. The van der Waals surface area contributed by atoms with Crippen LogP contribution >= 0.6 is 27.5 Å². The molecule has 3 rings (SSSR count). The first-order valence-corrected chi connectivity index (χ1v) is 11.5. The molecule has 0 fully saturated rings. The lowest BCUT2D eigenvalue weighted by molar-refractivity contribution is -0.118. The van der Waals surface area contributed by atoms with Gasteiger partial charge in [-0.3, -0.25) is 9.52 Å². The first-order valence-electron chi connectivity index (χ1n) is 8.81. The van der Waals surface area contributed by atoms with Crippen molar-refractivity contribution in [2.75, 3.05) is 16.6 Å². The molecule has 0 aliphatic heterocycles. The third kappa shape index (κ3) is 5.75. The van der Waals surface area contributed by atoms with Gasteiger partial charge in [0.05, 0.1) is 4.90 Å². The molecule has 0 heterocycles. The Morgan fingerprint density at radius 2 is 1.70 bits per heavy atom. The second-order valence-electron chi connectivity index (χ2n) is 6.33. The number of hydrogen-bond acceptors (Lipinski definition) is 4. The number of nitrogens with one attached hydrogen (secondary N) is 2. The van der Waals surface area contributed by atoms with Crippen LogP contribution in [0.25, 0.3) is 0 Å². The van der Waals surface area contributed by atoms with E-state index in [9.17, 15) is 13.2 Å². The van der Waals surface area contributed by atoms with Gasteiger partial charge < -0.3 is 10.1 Å². The van der Waals surface area contributed by atoms with Crippen LogP contribution in [0.1, 0.15) is 5.56 Å². The van der Waals surface area contributed by atoms with Gasteiger partial charge in [0, 0.05) is 20.9 Å². The number of halogens is 2. The van der Waals surface area contributed by atoms with Crippen molar-refractivity contribution in [3.8, 4) is 5.75 Å². The minimum absolute atomic E-state index is 0.0803. The predicted molar refractivity (Wildman–Crippen MR) is 122 cm³/mol. The monoisotopic (exact) mass is 508 g/mol. The van der Waals surface area contributed by atoms with Crippen LogP contribution in [0.2, 0.25) is 5.02 Å². The summed E-state index contributed by atoms with van der Waals surface area (Å²) in [6.45, 7) is 1.58. The smallest absolute Gasteiger partial charge is 0.262 e. The van der Waals surface area contributed by atoms with Crippen molar-refractivity contribution in [3.63, 3.8) is 0 Å². The van der Waals surface area contributed by atoms with Crippen LogP contribution in [0.4, 0.5) is 11.4 Å². The number of carbonyl (C=O) groups is 1. The minimum Gasteiger partial charge on any atom is -0.484 e. The topological polar surface area (TPSA) is 84.5 Å². The summed E-state index contributed by atoms with van der Waals surface area (Å²) in [4.78, 5) is 12.2. The quantitative estimate of drug-likeness (QED) is 0.457. The summed E-state index contributed by atoms with van der Waals surface area (Å²) in [7, 11) is -3.74. The fourth-order valence-corrected chi connectivity index (χ4v) is 4.02. The molecule has 0 aliphatic rings. The maximum atomic E-state index is 12.5. The highest BCUT2D eigenvalue weighted by atomic mass is 79.9. The van der Waals surface area contributed by atoms with Crippen LogP contribution in [-0.2, 0) is 14.8 Å². The maximum absolute atomic E-state index is 12.5. The normalized spacial score (nSPS) is 11.0. The van der Waals surface area contributed by atoms with E-state index in [1.807, 2.05) is 0 Å². The zero-order chi connectivity index (χ0) is 21.7. The van der Waals surface area contributed by atoms with E-state index in [0.717, 1.165) is 10.0 Å². The summed E-state index contributed by atoms with van der Waals surface area (Å²) < 4.78 is 33.8. The molecular formula is C21H18BrClN2O4S. The van der Waals surface area contributed by atoms with Crippen molar-refractivity contribution in [3.05, 3.63) is 81.8 Å². The van der Waals surface area contributed by atoms with Gasteiger partial charge in [-0.15, -0.1) is 0 Å². The molecule has 2 N–H and O–H groups in total. The highest BCUT2D eigenvalue weighted by Gasteiger charge is 2.14. The summed E-state index contributed by atoms with van der Waals surface area (Å²) in [6.07, 6.45) is 0. The van der Waals surface area contributed by atoms with Gasteiger partial charge >= 0.3 is 0 Å². The summed E-state index contributed by atoms with van der Waals surface area (Å²) >= 11 is 9.34. The van der Waals surface area contributed by atoms with E-state index < -0.39 is 10.0 Å². The van der Waals surface area contributed by atoms with Gasteiger partial charge in [-0.2, -0.15) is 0 Å². The van der Waals surface area contributed by atoms with Crippen LogP contribution in [0.5, 0.6) is 5.75 Å². The molecule has 156 valence electrons. The van der Waals surface area contributed by atoms with Crippen molar-refractivity contribution in [2.45, 2.75) is 11.8 Å². The Morgan fingerprint density at radius 3 is 2.37 bits per heavy atom. The van der Waals surface area contributed by atoms with E-state index in [1.165, 1.54) is 24.3 Å². The van der Waals surface area contributed by atoms with Crippen molar-refractivity contribution in [1.29, 1.82) is 0 Å². The Bertz CT molecular complexity index is 1150. The van der Waals surface area contributed by atoms with Crippen molar-refractivity contribution in [1.82, 2.24) is 0 Å². The van der Waals surface area contributed by atoms with E-state index >= 15 is 0 Å². The van der Waals surface area contributed by atoms with Crippen molar-refractivity contribution >= 4 is 54.8 Å². The van der Waals surface area contributed by atoms with Gasteiger partial charge in [-0.1, -0.05) is 33.6 Å². The van der Waals surface area contributed by atoms with E-state index in [0.29, 0.717) is 22.1 Å². The first kappa shape index (κ1) is 22.1. The highest BCUT2D eigenvalue weighted by molar-refractivity contribution is 9.10. The highest BCUT2D eigenvalue weighted by Crippen LogP contribution is 2.23. The molecule has 0 radical (unpaired) electrons. The van der Waals surface area contributed by atoms with Gasteiger partial charge in [0.2, 0.25) is 0 Å². The number of amides is 1. The number of ether oxygens (including phenoxy) is 1. The fraction of sp³-hybridized carbons (Fsp3) is 0.0952. The second-order valence-corrected chi connectivity index (χ2v) is 9.34. The van der Waals surface area contributed by atoms with Crippen molar-refractivity contribution in [2.24, 2.45) is 0 Å². The lowest BCUT2D eigenvalue weighted by Gasteiger charge is -2.11. The molecule has 0 saturated heterocycles. The Hall–Kier alpha value is -2.55. The zero-order valence-corrected chi connectivity index (χ0v) is 19.0. The lowest BCUT2D eigenvalue weighted by atomic mass is 10.2. The Balaban J connectivity index is 1.59. The molecule has 0 aliphatic carbocycles. The van der Waals surface area contributed by atoms with Crippen molar-refractivity contribution < 1.29 is 17.9 Å². The number of hydrogen-bond donors (Lipinski definition) is 2. The Labute approximate surface area is 188 Å². The molecule has 0 aromatic heterocycles. The molecule has 0 bridgehead atoms. The van der Waals surface area contributed by atoms with Crippen LogP contribution in [-0.4, -0.2) is 20.9 Å². The summed E-state index contributed by atoms with van der Waals surface area (Å²) in [5, 5.41) is 3.29. The maximum Gasteiger partial charge on any atom is 0.262 e. The summed E-state index contributed by atoms with van der Waals surface area (Å²) in [5.74, 6) is 0.0181. The standard InChI is InChI=1S/C21H18BrClN2O4S/c1-14-19(23)3-2-4-20(14)24-21(26)13-29-17-9-11-18(12-10-17)30(27,28)25-16-7-5-15(22)6-8-16/h2-12,25H,13H2,1H3,(H,24,26). The molecule has 6 nitrogen and oxygen atoms in total. The summed E-state index contributed by atoms with van der Waals surface area (Å²) in [5.41, 5.74) is 1.82. The number of anilines is 2. The molecule has 3 aromatic rings. The molecule has 30 heavy (non-hydrogen) atoms. The molecule has 3 aromatic carbocycles. The molecule has 0 saturated carbocycles. The minimum atomic E-state index is -3.74. The van der Waals surface area contributed by atoms with E-state index in [-0.39, 0.29) is 17.4 Å². The number of sulfonamides is 1. The Kier molecular flexibility index (Phi) is 7.02. The number of carbonyl (C=O) groups excluding carboxylic acids is 1. The van der Waals surface area contributed by atoms with Gasteiger partial charge in [-0.05, 0) is 73.2 Å². The van der Waals surface area contributed by atoms with E-state index in [1.54, 1.807) is 49.4 Å². The van der Waals surface area contributed by atoms with Crippen LogP contribution < -0.4 is 14.8 Å². The average molecular weight is 510 g/mol. The third-order valence-electron chi connectivity index (χ3n) is 4.14. The first-order chi connectivity index (χ1) is 14.2. The van der Waals surface area contributed by atoms with Crippen LogP contribution in [0, 0.1) is 6.92 Å². The molecule has 1 amide bonds.